The Balaban J connectivity index is 1.43. The number of thiol groups is 1. The maximum Gasteiger partial charge on any atom is 0.303 e. The van der Waals surface area contributed by atoms with Gasteiger partial charge in [-0.25, -0.2) is 0 Å². The molecule has 2 N–H and O–H groups in total. The van der Waals surface area contributed by atoms with Crippen molar-refractivity contribution in [1.82, 2.24) is 15.2 Å². The standard InChI is InChI=1S/C27H35N3O3S2/c1-28-23(21-9-11-29-24-8-6-20(33-2)15-22(21)24)7-5-18-10-12-30(16-19(18)14-27(31)32)17-25(34)26-4-3-13-35-26/h3-4,6,8-9,11,13,15,18-19,23,25,28,34H,5,7,10,12,14,16-17H2,1-2H3,(H,31,32)/t18-,19+,23+,25?/m1/s1. The van der Waals surface area contributed by atoms with Crippen LogP contribution in [0.4, 0.5) is 0 Å². The summed E-state index contributed by atoms with van der Waals surface area (Å²) in [5.41, 5.74) is 2.16. The summed E-state index contributed by atoms with van der Waals surface area (Å²) in [6.07, 6.45) is 5.03. The van der Waals surface area contributed by atoms with Gasteiger partial charge in [-0.2, -0.15) is 12.6 Å². The number of carboxylic acid groups (broad SMARTS) is 1. The summed E-state index contributed by atoms with van der Waals surface area (Å²) in [5.74, 6) is 0.651. The van der Waals surface area contributed by atoms with Gasteiger partial charge in [0.05, 0.1) is 12.6 Å². The van der Waals surface area contributed by atoms with Gasteiger partial charge < -0.3 is 20.1 Å². The van der Waals surface area contributed by atoms with E-state index in [0.29, 0.717) is 5.92 Å². The van der Waals surface area contributed by atoms with Gasteiger partial charge in [0.1, 0.15) is 5.75 Å². The molecule has 1 fully saturated rings. The average molecular weight is 514 g/mol. The summed E-state index contributed by atoms with van der Waals surface area (Å²) < 4.78 is 5.44. The number of rotatable bonds is 11. The van der Waals surface area contributed by atoms with Gasteiger partial charge in [0.2, 0.25) is 0 Å². The van der Waals surface area contributed by atoms with Crippen molar-refractivity contribution in [2.75, 3.05) is 33.8 Å². The van der Waals surface area contributed by atoms with Gasteiger partial charge in [-0.15, -0.1) is 11.3 Å². The molecule has 4 atom stereocenters. The van der Waals surface area contributed by atoms with Crippen molar-refractivity contribution in [3.63, 3.8) is 0 Å². The molecular weight excluding hydrogens is 478 g/mol. The molecule has 2 aromatic heterocycles. The molecule has 4 rings (SSSR count). The summed E-state index contributed by atoms with van der Waals surface area (Å²) >= 11 is 6.54. The molecule has 35 heavy (non-hydrogen) atoms. The predicted octanol–water partition coefficient (Wildman–Crippen LogP) is 5.43. The highest BCUT2D eigenvalue weighted by Crippen LogP contribution is 2.36. The average Bonchev–Trinajstić information content (AvgIpc) is 3.40. The number of thiophene rings is 1. The third-order valence-corrected chi connectivity index (χ3v) is 8.85. The van der Waals surface area contributed by atoms with E-state index in [9.17, 15) is 9.90 Å². The second-order valence-corrected chi connectivity index (χ2v) is 11.0. The van der Waals surface area contributed by atoms with Crippen LogP contribution in [0.3, 0.4) is 0 Å². The van der Waals surface area contributed by atoms with Crippen molar-refractivity contribution in [2.24, 2.45) is 11.8 Å². The van der Waals surface area contributed by atoms with Gasteiger partial charge in [0.15, 0.2) is 0 Å². The summed E-state index contributed by atoms with van der Waals surface area (Å²) in [5, 5.41) is 16.4. The van der Waals surface area contributed by atoms with E-state index in [-0.39, 0.29) is 23.6 Å². The van der Waals surface area contributed by atoms with Crippen LogP contribution in [0.5, 0.6) is 5.75 Å². The maximum atomic E-state index is 11.7. The quantitative estimate of drug-likeness (QED) is 0.297. The fraction of sp³-hybridized carbons (Fsp3) is 0.481. The molecule has 188 valence electrons. The molecule has 0 aliphatic carbocycles. The molecule has 3 heterocycles. The van der Waals surface area contributed by atoms with E-state index in [4.69, 9.17) is 17.4 Å². The molecular formula is C27H35N3O3S2. The lowest BCUT2D eigenvalue weighted by Gasteiger charge is -2.39. The number of piperidine rings is 1. The number of aliphatic carboxylic acids is 1. The summed E-state index contributed by atoms with van der Waals surface area (Å²) in [4.78, 5) is 19.9. The number of pyridine rings is 1. The largest absolute Gasteiger partial charge is 0.497 e. The molecule has 1 unspecified atom stereocenters. The van der Waals surface area contributed by atoms with Crippen molar-refractivity contribution >= 4 is 40.8 Å². The first-order valence-electron chi connectivity index (χ1n) is 12.2. The smallest absolute Gasteiger partial charge is 0.303 e. The molecule has 0 saturated carbocycles. The van der Waals surface area contributed by atoms with Gasteiger partial charge in [0.25, 0.3) is 0 Å². The highest BCUT2D eigenvalue weighted by molar-refractivity contribution is 7.80. The van der Waals surface area contributed by atoms with Crippen molar-refractivity contribution < 1.29 is 14.6 Å². The number of nitrogens with zero attached hydrogens (tertiary/aromatic N) is 2. The van der Waals surface area contributed by atoms with Crippen LogP contribution in [0.15, 0.2) is 48.0 Å². The molecule has 1 aliphatic rings. The monoisotopic (exact) mass is 513 g/mol. The Labute approximate surface area is 217 Å². The molecule has 0 bridgehead atoms. The number of benzene rings is 1. The van der Waals surface area contributed by atoms with Crippen LogP contribution in [0.1, 0.15) is 47.4 Å². The normalized spacial score (nSPS) is 20.5. The van der Waals surface area contributed by atoms with Crippen molar-refractivity contribution in [3.8, 4) is 5.75 Å². The number of likely N-dealkylation sites (tertiary alicyclic amines) is 1. The van der Waals surface area contributed by atoms with E-state index in [1.807, 2.05) is 25.4 Å². The van der Waals surface area contributed by atoms with Crippen LogP contribution in [0, 0.1) is 11.8 Å². The molecule has 8 heteroatoms. The second kappa shape index (κ2) is 12.2. The van der Waals surface area contributed by atoms with E-state index < -0.39 is 5.97 Å². The van der Waals surface area contributed by atoms with Gasteiger partial charge in [-0.1, -0.05) is 6.07 Å². The van der Waals surface area contributed by atoms with Gasteiger partial charge >= 0.3 is 5.97 Å². The van der Waals surface area contributed by atoms with Crippen LogP contribution >= 0.6 is 24.0 Å². The first-order valence-corrected chi connectivity index (χ1v) is 13.6. The van der Waals surface area contributed by atoms with Gasteiger partial charge in [-0.3, -0.25) is 9.78 Å². The number of nitrogens with one attached hydrogen (secondary N) is 1. The molecule has 1 saturated heterocycles. The second-order valence-electron chi connectivity index (χ2n) is 9.40. The van der Waals surface area contributed by atoms with E-state index in [1.165, 1.54) is 10.4 Å². The number of methoxy groups -OCH3 is 1. The minimum absolute atomic E-state index is 0.150. The molecule has 3 aromatic rings. The lowest BCUT2D eigenvalue weighted by atomic mass is 9.79. The summed E-state index contributed by atoms with van der Waals surface area (Å²) in [6, 6.07) is 12.4. The van der Waals surface area contributed by atoms with Gasteiger partial charge in [-0.05, 0) is 86.0 Å². The molecule has 0 spiro atoms. The lowest BCUT2D eigenvalue weighted by molar-refractivity contribution is -0.139. The number of ether oxygens (including phenoxy) is 1. The minimum Gasteiger partial charge on any atom is -0.497 e. The number of aromatic nitrogens is 1. The first-order chi connectivity index (χ1) is 17.0. The maximum absolute atomic E-state index is 11.7. The van der Waals surface area contributed by atoms with Crippen LogP contribution in [-0.4, -0.2) is 54.8 Å². The Morgan fingerprint density at radius 2 is 2.20 bits per heavy atom. The molecule has 0 amide bonds. The fourth-order valence-electron chi connectivity index (χ4n) is 5.39. The fourth-order valence-corrected chi connectivity index (χ4v) is 6.59. The van der Waals surface area contributed by atoms with Crippen molar-refractivity contribution in [1.29, 1.82) is 0 Å². The van der Waals surface area contributed by atoms with Crippen LogP contribution in [-0.2, 0) is 4.79 Å². The number of hydrogen-bond acceptors (Lipinski definition) is 7. The SMILES string of the molecule is CN[C@@H](CC[C@@H]1CCN(CC(S)c2cccs2)C[C@@H]1CC(=O)O)c1ccnc2ccc(OC)cc12. The Hall–Kier alpha value is -2.13. The highest BCUT2D eigenvalue weighted by Gasteiger charge is 2.32. The topological polar surface area (TPSA) is 74.7 Å². The Morgan fingerprint density at radius 3 is 2.91 bits per heavy atom. The Bertz CT molecular complexity index is 1110. The number of carboxylic acids is 1. The van der Waals surface area contributed by atoms with Crippen LogP contribution in [0.2, 0.25) is 0 Å². The Kier molecular flexibility index (Phi) is 9.05. The zero-order valence-corrected chi connectivity index (χ0v) is 22.1. The summed E-state index contributed by atoms with van der Waals surface area (Å²) in [6.45, 7) is 2.66. The minimum atomic E-state index is -0.708. The molecule has 6 nitrogen and oxygen atoms in total. The predicted molar refractivity (Wildman–Crippen MR) is 146 cm³/mol. The van der Waals surface area contributed by atoms with Gasteiger partial charge in [0, 0.05) is 47.3 Å². The third-order valence-electron chi connectivity index (χ3n) is 7.25. The zero-order chi connectivity index (χ0) is 24.8. The van der Waals surface area contributed by atoms with Crippen LogP contribution in [0.25, 0.3) is 10.9 Å². The van der Waals surface area contributed by atoms with E-state index in [0.717, 1.165) is 55.5 Å². The molecule has 1 aromatic carbocycles. The Morgan fingerprint density at radius 1 is 1.34 bits per heavy atom. The summed E-state index contributed by atoms with van der Waals surface area (Å²) in [7, 11) is 3.67. The first kappa shape index (κ1) is 25.9. The molecule has 1 aliphatic heterocycles. The number of fused-ring (bicyclic) bond motifs is 1. The van der Waals surface area contributed by atoms with E-state index in [1.54, 1.807) is 18.4 Å². The molecule has 0 radical (unpaired) electrons. The third kappa shape index (κ3) is 6.55. The highest BCUT2D eigenvalue weighted by atomic mass is 32.1. The van der Waals surface area contributed by atoms with E-state index in [2.05, 4.69) is 44.8 Å². The van der Waals surface area contributed by atoms with Crippen LogP contribution < -0.4 is 10.1 Å². The van der Waals surface area contributed by atoms with Crippen molar-refractivity contribution in [3.05, 3.63) is 58.4 Å². The number of carbonyl (C=O) groups is 1. The van der Waals surface area contributed by atoms with Crippen molar-refractivity contribution in [2.45, 2.75) is 37.0 Å². The lowest BCUT2D eigenvalue weighted by Crippen LogP contribution is -2.42. The zero-order valence-electron chi connectivity index (χ0n) is 20.4. The van der Waals surface area contributed by atoms with E-state index >= 15 is 0 Å². The number of hydrogen-bond donors (Lipinski definition) is 3.